The van der Waals surface area contributed by atoms with Crippen LogP contribution in [0.1, 0.15) is 49.3 Å². The van der Waals surface area contributed by atoms with Crippen molar-refractivity contribution in [1.29, 1.82) is 0 Å². The third-order valence-corrected chi connectivity index (χ3v) is 5.67. The first-order chi connectivity index (χ1) is 18.5. The molecule has 1 heterocycles. The number of halogens is 2. The van der Waals surface area contributed by atoms with Gasteiger partial charge in [0.05, 0.1) is 13.0 Å². The minimum absolute atomic E-state index is 0.128. The quantitative estimate of drug-likeness (QED) is 0.385. The van der Waals surface area contributed by atoms with Gasteiger partial charge in [0.1, 0.15) is 17.7 Å². The van der Waals surface area contributed by atoms with Gasteiger partial charge in [-0.25, -0.2) is 13.8 Å². The number of esters is 1. The lowest BCUT2D eigenvalue weighted by Gasteiger charge is -2.19. The molecule has 0 bridgehead atoms. The molecular weight excluding hydrogens is 508 g/mol. The van der Waals surface area contributed by atoms with Crippen molar-refractivity contribution in [2.24, 2.45) is 5.92 Å². The van der Waals surface area contributed by atoms with Crippen LogP contribution in [0.3, 0.4) is 0 Å². The molecular formula is C29H29F2N3O5. The van der Waals surface area contributed by atoms with Gasteiger partial charge >= 0.3 is 5.97 Å². The van der Waals surface area contributed by atoms with Crippen molar-refractivity contribution in [2.75, 3.05) is 7.11 Å². The smallest absolute Gasteiger partial charge is 0.313 e. The summed E-state index contributed by atoms with van der Waals surface area (Å²) in [4.78, 5) is 42.3. The Kier molecular flexibility index (Phi) is 9.48. The summed E-state index contributed by atoms with van der Waals surface area (Å²) in [5, 5.41) is 5.30. The van der Waals surface area contributed by atoms with E-state index >= 15 is 0 Å². The second-order valence-corrected chi connectivity index (χ2v) is 8.96. The number of rotatable bonds is 9. The van der Waals surface area contributed by atoms with E-state index in [2.05, 4.69) is 15.6 Å². The molecule has 0 radical (unpaired) electrons. The molecule has 0 spiro atoms. The number of nitrogens with one attached hydrogen (secondary N) is 2. The summed E-state index contributed by atoms with van der Waals surface area (Å²) in [6.45, 7) is 6.39. The Morgan fingerprint density at radius 3 is 1.90 bits per heavy atom. The summed E-state index contributed by atoms with van der Waals surface area (Å²) < 4.78 is 37.7. The van der Waals surface area contributed by atoms with Gasteiger partial charge in [-0.1, -0.05) is 38.1 Å². The van der Waals surface area contributed by atoms with E-state index in [1.807, 2.05) is 0 Å². The number of carbonyl (C=O) groups is 3. The summed E-state index contributed by atoms with van der Waals surface area (Å²) >= 11 is 0. The van der Waals surface area contributed by atoms with Gasteiger partial charge in [0.25, 0.3) is 5.91 Å². The van der Waals surface area contributed by atoms with Gasteiger partial charge in [-0.3, -0.25) is 14.4 Å². The molecule has 39 heavy (non-hydrogen) atoms. The highest BCUT2D eigenvalue weighted by Crippen LogP contribution is 2.30. The van der Waals surface area contributed by atoms with Gasteiger partial charge in [-0.05, 0) is 49.2 Å². The van der Waals surface area contributed by atoms with Gasteiger partial charge in [0.15, 0.2) is 11.4 Å². The van der Waals surface area contributed by atoms with Crippen LogP contribution in [0.5, 0.6) is 11.5 Å². The van der Waals surface area contributed by atoms with Crippen molar-refractivity contribution in [3.05, 3.63) is 94.9 Å². The lowest BCUT2D eigenvalue weighted by molar-refractivity contribution is -0.137. The second-order valence-electron chi connectivity index (χ2n) is 8.96. The molecule has 3 aromatic rings. The minimum atomic E-state index is -1.04. The van der Waals surface area contributed by atoms with E-state index < -0.39 is 41.4 Å². The van der Waals surface area contributed by atoms with Crippen LogP contribution in [0.25, 0.3) is 5.57 Å². The number of allylic oxidation sites excluding steroid dienone is 1. The maximum absolute atomic E-state index is 13.6. The fourth-order valence-electron chi connectivity index (χ4n) is 3.59. The van der Waals surface area contributed by atoms with Crippen LogP contribution in [-0.2, 0) is 9.59 Å². The molecule has 0 saturated heterocycles. The maximum atomic E-state index is 13.6. The van der Waals surface area contributed by atoms with Crippen LogP contribution in [0.4, 0.5) is 8.78 Å². The van der Waals surface area contributed by atoms with E-state index in [4.69, 9.17) is 9.47 Å². The fraction of sp³-hybridized carbons (Fsp3) is 0.241. The SMILES string of the molecule is COc1ccnc(C(=O)N[C@@H](C)C(=O)NC(C)=C(c2ccc(F)cc2)c2ccc(F)cc2)c1OC(=O)C(C)C. The van der Waals surface area contributed by atoms with E-state index in [1.54, 1.807) is 45.0 Å². The van der Waals surface area contributed by atoms with Crippen molar-refractivity contribution in [3.8, 4) is 11.5 Å². The van der Waals surface area contributed by atoms with Crippen molar-refractivity contribution >= 4 is 23.4 Å². The maximum Gasteiger partial charge on any atom is 0.313 e. The molecule has 0 unspecified atom stereocenters. The molecule has 2 N–H and O–H groups in total. The van der Waals surface area contributed by atoms with E-state index in [0.29, 0.717) is 22.4 Å². The fourth-order valence-corrected chi connectivity index (χ4v) is 3.59. The van der Waals surface area contributed by atoms with Crippen molar-refractivity contribution in [2.45, 2.75) is 33.7 Å². The average molecular weight is 538 g/mol. The van der Waals surface area contributed by atoms with E-state index in [9.17, 15) is 23.2 Å². The standard InChI is InChI=1S/C29H29F2N3O5/c1-16(2)29(37)39-26-23(38-5)14-15-32-25(26)28(36)34-18(4)27(35)33-17(3)24(19-6-10-21(30)11-7-19)20-8-12-22(31)13-9-20/h6-16,18H,1-5H3,(H,33,35)(H,34,36)/t18-/m0/s1. The zero-order valence-electron chi connectivity index (χ0n) is 22.2. The number of carbonyl (C=O) groups excluding carboxylic acids is 3. The second kappa shape index (κ2) is 12.8. The zero-order valence-corrected chi connectivity index (χ0v) is 22.2. The number of methoxy groups -OCH3 is 1. The summed E-state index contributed by atoms with van der Waals surface area (Å²) in [5.74, 6) is -3.27. The predicted molar refractivity (Wildman–Crippen MR) is 141 cm³/mol. The first kappa shape index (κ1) is 29.0. The van der Waals surface area contributed by atoms with Crippen LogP contribution in [0.15, 0.2) is 66.5 Å². The lowest BCUT2D eigenvalue weighted by atomic mass is 9.96. The topological polar surface area (TPSA) is 107 Å². The highest BCUT2D eigenvalue weighted by molar-refractivity contribution is 5.99. The number of ether oxygens (including phenoxy) is 2. The van der Waals surface area contributed by atoms with Crippen LogP contribution >= 0.6 is 0 Å². The normalized spacial score (nSPS) is 11.4. The zero-order chi connectivity index (χ0) is 28.7. The molecule has 0 saturated carbocycles. The lowest BCUT2D eigenvalue weighted by Crippen LogP contribution is -2.44. The number of hydrogen-bond donors (Lipinski definition) is 2. The molecule has 1 aromatic heterocycles. The molecule has 0 aliphatic carbocycles. The summed E-state index contributed by atoms with van der Waals surface area (Å²) in [7, 11) is 1.36. The van der Waals surface area contributed by atoms with Gasteiger partial charge in [0, 0.05) is 23.5 Å². The van der Waals surface area contributed by atoms with Gasteiger partial charge < -0.3 is 20.1 Å². The Labute approximate surface area is 225 Å². The minimum Gasteiger partial charge on any atom is -0.493 e. The Hall–Kier alpha value is -4.60. The largest absolute Gasteiger partial charge is 0.493 e. The molecule has 204 valence electrons. The Bertz CT molecular complexity index is 1340. The molecule has 10 heteroatoms. The molecule has 0 aliphatic rings. The summed E-state index contributed by atoms with van der Waals surface area (Å²) in [5.41, 5.74) is 1.89. The molecule has 3 rings (SSSR count). The Morgan fingerprint density at radius 1 is 0.872 bits per heavy atom. The molecule has 2 amide bonds. The van der Waals surface area contributed by atoms with Crippen molar-refractivity contribution in [3.63, 3.8) is 0 Å². The number of nitrogens with zero attached hydrogens (tertiary/aromatic N) is 1. The highest BCUT2D eigenvalue weighted by Gasteiger charge is 2.26. The number of pyridine rings is 1. The first-order valence-electron chi connectivity index (χ1n) is 12.1. The van der Waals surface area contributed by atoms with E-state index in [1.165, 1.54) is 50.6 Å². The monoisotopic (exact) mass is 537 g/mol. The molecule has 2 aromatic carbocycles. The van der Waals surface area contributed by atoms with Gasteiger partial charge in [-0.15, -0.1) is 0 Å². The molecule has 0 aliphatic heterocycles. The van der Waals surface area contributed by atoms with Crippen LogP contribution < -0.4 is 20.1 Å². The molecule has 0 fully saturated rings. The number of aromatic nitrogens is 1. The van der Waals surface area contributed by atoms with Gasteiger partial charge in [-0.2, -0.15) is 0 Å². The van der Waals surface area contributed by atoms with E-state index in [-0.39, 0.29) is 17.2 Å². The van der Waals surface area contributed by atoms with Crippen LogP contribution in [-0.4, -0.2) is 35.9 Å². The Morgan fingerprint density at radius 2 is 1.41 bits per heavy atom. The first-order valence-corrected chi connectivity index (χ1v) is 12.1. The third-order valence-electron chi connectivity index (χ3n) is 5.67. The molecule has 1 atom stereocenters. The molecule has 8 nitrogen and oxygen atoms in total. The van der Waals surface area contributed by atoms with Crippen molar-refractivity contribution in [1.82, 2.24) is 15.6 Å². The third kappa shape index (κ3) is 7.25. The number of hydrogen-bond acceptors (Lipinski definition) is 6. The van der Waals surface area contributed by atoms with Crippen LogP contribution in [0.2, 0.25) is 0 Å². The summed E-state index contributed by atoms with van der Waals surface area (Å²) in [6.07, 6.45) is 1.32. The Balaban J connectivity index is 1.86. The van der Waals surface area contributed by atoms with Crippen LogP contribution in [0, 0.1) is 17.6 Å². The number of amides is 2. The van der Waals surface area contributed by atoms with Gasteiger partial charge in [0.2, 0.25) is 11.7 Å². The van der Waals surface area contributed by atoms with E-state index in [0.717, 1.165) is 0 Å². The predicted octanol–water partition coefficient (Wildman–Crippen LogP) is 4.64. The number of benzene rings is 2. The average Bonchev–Trinajstić information content (AvgIpc) is 2.90. The van der Waals surface area contributed by atoms with Crippen molar-refractivity contribution < 1.29 is 32.6 Å². The highest BCUT2D eigenvalue weighted by atomic mass is 19.1. The summed E-state index contributed by atoms with van der Waals surface area (Å²) in [6, 6.07) is 11.7.